The average Bonchev–Trinajstić information content (AvgIpc) is 1.81. The highest BCUT2D eigenvalue weighted by atomic mass is 127. The van der Waals surface area contributed by atoms with E-state index in [2.05, 4.69) is 36.1 Å². The molecule has 0 unspecified atom stereocenters. The van der Waals surface area contributed by atoms with Crippen LogP contribution in [0.2, 0.25) is 0 Å². The van der Waals surface area contributed by atoms with Gasteiger partial charge in [-0.15, -0.1) is 0 Å². The van der Waals surface area contributed by atoms with Crippen LogP contribution in [0.15, 0.2) is 10.2 Å². The number of nitrogens with zero attached hydrogens (tertiary/aromatic N) is 1. The molecule has 0 amide bonds. The second kappa shape index (κ2) is 5.09. The van der Waals surface area contributed by atoms with Crippen LogP contribution in [0.1, 0.15) is 19.8 Å². The number of hydrogen-bond acceptors (Lipinski definition) is 2. The maximum atomic E-state index is 5.59. The molecule has 0 aromatic heterocycles. The van der Waals surface area contributed by atoms with E-state index in [-0.39, 0.29) is 0 Å². The first-order valence-electron chi connectivity index (χ1n) is 3.41. The van der Waals surface area contributed by atoms with E-state index in [0.29, 0.717) is 6.04 Å². The summed E-state index contributed by atoms with van der Waals surface area (Å²) in [6.45, 7) is 6.01. The van der Waals surface area contributed by atoms with Gasteiger partial charge in [0.2, 0.25) is 0 Å². The Morgan fingerprint density at radius 3 is 2.40 bits per heavy atom. The van der Waals surface area contributed by atoms with E-state index >= 15 is 0 Å². The van der Waals surface area contributed by atoms with Gasteiger partial charge in [0, 0.05) is 10.6 Å². The van der Waals surface area contributed by atoms with E-state index < -0.39 is 0 Å². The highest BCUT2D eigenvalue weighted by Gasteiger charge is 2.11. The fraction of sp³-hybridized carbons (Fsp3) is 0.714. The zero-order valence-corrected chi connectivity index (χ0v) is 8.76. The summed E-state index contributed by atoms with van der Waals surface area (Å²) in [5, 5.41) is 1.72. The van der Waals surface area contributed by atoms with Crippen LogP contribution >= 0.6 is 22.6 Å². The van der Waals surface area contributed by atoms with Gasteiger partial charge in [0.25, 0.3) is 0 Å². The van der Waals surface area contributed by atoms with Crippen molar-refractivity contribution >= 4 is 22.6 Å². The molecule has 0 saturated heterocycles. The molecule has 3 heteroatoms. The molecular formula is C7H15IN2. The molecule has 0 aromatic carbocycles. The van der Waals surface area contributed by atoms with Crippen LogP contribution in [0, 0.1) is 0 Å². The molecule has 0 aliphatic rings. The zero-order chi connectivity index (χ0) is 8.15. The lowest BCUT2D eigenvalue weighted by Crippen LogP contribution is -2.37. The highest BCUT2D eigenvalue weighted by molar-refractivity contribution is 14.1. The molecule has 0 aromatic rings. The fourth-order valence-electron chi connectivity index (χ4n) is 0.855. The Bertz CT molecular complexity index is 112. The summed E-state index contributed by atoms with van der Waals surface area (Å²) in [6.07, 6.45) is 2.24. The van der Waals surface area contributed by atoms with Gasteiger partial charge in [-0.05, 0) is 29.0 Å². The molecule has 1 atom stereocenters. The van der Waals surface area contributed by atoms with Gasteiger partial charge in [-0.25, -0.2) is 5.01 Å². The lowest BCUT2D eigenvalue weighted by atomic mass is 10.2. The molecule has 2 nitrogen and oxygen atoms in total. The molecule has 0 saturated carbocycles. The van der Waals surface area contributed by atoms with Crippen LogP contribution < -0.4 is 5.84 Å². The minimum Gasteiger partial charge on any atom is -0.268 e. The third-order valence-corrected chi connectivity index (χ3v) is 2.13. The first-order chi connectivity index (χ1) is 4.59. The highest BCUT2D eigenvalue weighted by Crippen LogP contribution is 2.16. The minimum atomic E-state index is 0.339. The summed E-state index contributed by atoms with van der Waals surface area (Å²) in [5.74, 6) is 5.59. The van der Waals surface area contributed by atoms with Crippen molar-refractivity contribution in [1.29, 1.82) is 0 Å². The third-order valence-electron chi connectivity index (χ3n) is 1.42. The molecule has 0 bridgehead atoms. The van der Waals surface area contributed by atoms with Gasteiger partial charge >= 0.3 is 0 Å². The van der Waals surface area contributed by atoms with Crippen molar-refractivity contribution in [1.82, 2.24) is 5.01 Å². The van der Waals surface area contributed by atoms with Crippen LogP contribution in [-0.4, -0.2) is 18.1 Å². The van der Waals surface area contributed by atoms with Crippen molar-refractivity contribution in [3.8, 4) is 0 Å². The molecule has 2 N–H and O–H groups in total. The maximum Gasteiger partial charge on any atom is 0.0538 e. The zero-order valence-electron chi connectivity index (χ0n) is 6.60. The van der Waals surface area contributed by atoms with E-state index in [1.165, 1.54) is 0 Å². The summed E-state index contributed by atoms with van der Waals surface area (Å²) in [6, 6.07) is 0.339. The molecule has 60 valence electrons. The molecular weight excluding hydrogens is 239 g/mol. The molecule has 0 radical (unpaired) electrons. The van der Waals surface area contributed by atoms with Gasteiger partial charge < -0.3 is 0 Å². The summed E-state index contributed by atoms with van der Waals surface area (Å²) in [5.41, 5.74) is 0. The lowest BCUT2D eigenvalue weighted by Gasteiger charge is -2.22. The number of rotatable bonds is 4. The number of nitrogens with two attached hydrogens (primary N) is 1. The van der Waals surface area contributed by atoms with E-state index in [1.807, 2.05) is 7.05 Å². The monoisotopic (exact) mass is 254 g/mol. The van der Waals surface area contributed by atoms with E-state index in [9.17, 15) is 0 Å². The standard InChI is InChI=1S/C7H15IN2/c1-4-5-7(6(2)8)10(3)9/h7H,2,4-5,9H2,1,3H3/t7-/m1/s1. The van der Waals surface area contributed by atoms with Gasteiger partial charge in [0.05, 0.1) is 6.04 Å². The Kier molecular flexibility index (Phi) is 5.29. The second-order valence-corrected chi connectivity index (χ2v) is 3.80. The van der Waals surface area contributed by atoms with Crippen molar-refractivity contribution in [2.45, 2.75) is 25.8 Å². The predicted molar refractivity (Wildman–Crippen MR) is 53.8 cm³/mol. The average molecular weight is 254 g/mol. The Morgan fingerprint density at radius 1 is 1.80 bits per heavy atom. The van der Waals surface area contributed by atoms with Crippen LogP contribution in [0.25, 0.3) is 0 Å². The fourth-order valence-corrected chi connectivity index (χ4v) is 1.61. The summed E-state index contributed by atoms with van der Waals surface area (Å²) in [4.78, 5) is 0. The lowest BCUT2D eigenvalue weighted by molar-refractivity contribution is 0.276. The van der Waals surface area contributed by atoms with Crippen LogP contribution in [0.5, 0.6) is 0 Å². The van der Waals surface area contributed by atoms with Crippen LogP contribution in [-0.2, 0) is 0 Å². The van der Waals surface area contributed by atoms with Gasteiger partial charge in [-0.3, -0.25) is 5.84 Å². The normalized spacial score (nSPS) is 13.7. The molecule has 0 spiro atoms. The minimum absolute atomic E-state index is 0.339. The first-order valence-corrected chi connectivity index (χ1v) is 4.49. The van der Waals surface area contributed by atoms with Crippen molar-refractivity contribution < 1.29 is 0 Å². The molecule has 0 fully saturated rings. The predicted octanol–water partition coefficient (Wildman–Crippen LogP) is 1.91. The van der Waals surface area contributed by atoms with E-state index in [0.717, 1.165) is 16.4 Å². The Hall–Kier alpha value is 0.390. The number of hydrazine groups is 1. The van der Waals surface area contributed by atoms with E-state index in [1.54, 1.807) is 5.01 Å². The summed E-state index contributed by atoms with van der Waals surface area (Å²) < 4.78 is 1.12. The number of likely N-dealkylation sites (N-methyl/N-ethyl adjacent to an activating group) is 1. The first kappa shape index (κ1) is 10.4. The molecule has 10 heavy (non-hydrogen) atoms. The van der Waals surface area contributed by atoms with Gasteiger partial charge in [-0.2, -0.15) is 0 Å². The van der Waals surface area contributed by atoms with Gasteiger partial charge in [-0.1, -0.05) is 19.9 Å². The summed E-state index contributed by atoms with van der Waals surface area (Å²) >= 11 is 2.23. The van der Waals surface area contributed by atoms with Gasteiger partial charge in [0.1, 0.15) is 0 Å². The maximum absolute atomic E-state index is 5.59. The largest absolute Gasteiger partial charge is 0.268 e. The smallest absolute Gasteiger partial charge is 0.0538 e. The SMILES string of the molecule is C=C(I)[C@@H](CCC)N(C)N. The van der Waals surface area contributed by atoms with Crippen molar-refractivity contribution in [2.24, 2.45) is 5.84 Å². The molecule has 0 rings (SSSR count). The van der Waals surface area contributed by atoms with E-state index in [4.69, 9.17) is 5.84 Å². The Balaban J connectivity index is 3.85. The molecule has 0 aliphatic carbocycles. The Morgan fingerprint density at radius 2 is 2.30 bits per heavy atom. The summed E-state index contributed by atoms with van der Waals surface area (Å²) in [7, 11) is 1.88. The Labute approximate surface area is 76.6 Å². The molecule has 0 aliphatic heterocycles. The van der Waals surface area contributed by atoms with Crippen molar-refractivity contribution in [3.05, 3.63) is 10.2 Å². The van der Waals surface area contributed by atoms with Crippen molar-refractivity contribution in [2.75, 3.05) is 7.05 Å². The number of hydrogen-bond donors (Lipinski definition) is 1. The second-order valence-electron chi connectivity index (χ2n) is 2.42. The number of halogens is 1. The van der Waals surface area contributed by atoms with Crippen LogP contribution in [0.3, 0.4) is 0 Å². The molecule has 0 heterocycles. The van der Waals surface area contributed by atoms with Crippen molar-refractivity contribution in [3.63, 3.8) is 0 Å². The quantitative estimate of drug-likeness (QED) is 0.471. The third kappa shape index (κ3) is 3.53. The topological polar surface area (TPSA) is 29.3 Å². The van der Waals surface area contributed by atoms with Gasteiger partial charge in [0.15, 0.2) is 0 Å². The van der Waals surface area contributed by atoms with Crippen LogP contribution in [0.4, 0.5) is 0 Å².